The Morgan fingerprint density at radius 2 is 2.03 bits per heavy atom. The van der Waals surface area contributed by atoms with Crippen LogP contribution in [0.4, 0.5) is 9.18 Å². The van der Waals surface area contributed by atoms with E-state index in [4.69, 9.17) is 4.74 Å². The molecule has 10 heteroatoms. The number of likely N-dealkylation sites (tertiary alicyclic amines) is 1. The van der Waals surface area contributed by atoms with Crippen molar-refractivity contribution in [3.63, 3.8) is 0 Å². The number of carbonyl (C=O) groups excluding carboxylic acids is 2. The van der Waals surface area contributed by atoms with Crippen molar-refractivity contribution in [2.24, 2.45) is 0 Å². The fraction of sp³-hybridized carbons (Fsp3) is 0.478. The van der Waals surface area contributed by atoms with Gasteiger partial charge in [-0.05, 0) is 38.8 Å². The topological polar surface area (TPSA) is 114 Å². The Bertz CT molecular complexity index is 1060. The third-order valence-electron chi connectivity index (χ3n) is 5.60. The van der Waals surface area contributed by atoms with Gasteiger partial charge in [-0.1, -0.05) is 12.1 Å². The molecule has 1 fully saturated rings. The van der Waals surface area contributed by atoms with Crippen LogP contribution in [0.1, 0.15) is 31.0 Å². The lowest BCUT2D eigenvalue weighted by Crippen LogP contribution is -2.48. The van der Waals surface area contributed by atoms with E-state index in [0.717, 1.165) is 0 Å². The lowest BCUT2D eigenvalue weighted by atomic mass is 10.1. The summed E-state index contributed by atoms with van der Waals surface area (Å²) in [7, 11) is 0. The average molecular weight is 461 g/mol. The van der Waals surface area contributed by atoms with Gasteiger partial charge in [0.05, 0.1) is 6.61 Å². The lowest BCUT2D eigenvalue weighted by molar-refractivity contribution is -0.122. The van der Waals surface area contributed by atoms with Gasteiger partial charge in [0.1, 0.15) is 18.2 Å². The first-order valence-corrected chi connectivity index (χ1v) is 11.0. The van der Waals surface area contributed by atoms with E-state index in [9.17, 15) is 23.9 Å². The van der Waals surface area contributed by atoms with Crippen molar-refractivity contribution in [3.05, 3.63) is 51.7 Å². The summed E-state index contributed by atoms with van der Waals surface area (Å²) in [5.41, 5.74) is 0.675. The number of ether oxygens (including phenoxy) is 1. The van der Waals surface area contributed by atoms with Crippen LogP contribution in [0.5, 0.6) is 0 Å². The number of aliphatic hydroxyl groups is 1. The van der Waals surface area contributed by atoms with Crippen LogP contribution < -0.4 is 10.9 Å². The highest BCUT2D eigenvalue weighted by atomic mass is 19.1. The van der Waals surface area contributed by atoms with Crippen LogP contribution in [-0.2, 0) is 22.5 Å². The van der Waals surface area contributed by atoms with Crippen molar-refractivity contribution in [2.45, 2.75) is 45.7 Å². The quantitative estimate of drug-likeness (QED) is 0.649. The highest BCUT2D eigenvalue weighted by Gasteiger charge is 2.25. The molecule has 1 aromatic carbocycles. The molecule has 9 nitrogen and oxygen atoms in total. The molecule has 0 bridgehead atoms. The van der Waals surface area contributed by atoms with Crippen LogP contribution >= 0.6 is 0 Å². The summed E-state index contributed by atoms with van der Waals surface area (Å²) in [6.45, 7) is 4.10. The van der Waals surface area contributed by atoms with Crippen molar-refractivity contribution < 1.29 is 23.8 Å². The first kappa shape index (κ1) is 24.4. The molecule has 2 N–H and O–H groups in total. The highest BCUT2D eigenvalue weighted by molar-refractivity contribution is 5.77. The van der Waals surface area contributed by atoms with Crippen molar-refractivity contribution in [3.8, 4) is 11.4 Å². The first-order chi connectivity index (χ1) is 15.8. The van der Waals surface area contributed by atoms with Gasteiger partial charge in [-0.2, -0.15) is 0 Å². The maximum absolute atomic E-state index is 13.8. The van der Waals surface area contributed by atoms with Crippen LogP contribution in [0, 0.1) is 12.7 Å². The van der Waals surface area contributed by atoms with Crippen LogP contribution in [0.2, 0.25) is 0 Å². The molecule has 0 unspecified atom stereocenters. The molecule has 1 aliphatic heterocycles. The first-order valence-electron chi connectivity index (χ1n) is 11.0. The average Bonchev–Trinajstić information content (AvgIpc) is 2.79. The number of benzene rings is 1. The van der Waals surface area contributed by atoms with Crippen molar-refractivity contribution in [1.82, 2.24) is 19.8 Å². The lowest BCUT2D eigenvalue weighted by Gasteiger charge is -2.31. The van der Waals surface area contributed by atoms with Gasteiger partial charge in [0.2, 0.25) is 5.91 Å². The number of amides is 2. The molecule has 1 saturated heterocycles. The number of aromatic nitrogens is 2. The number of halogens is 1. The molecule has 1 aromatic heterocycles. The largest absolute Gasteiger partial charge is 0.450 e. The SMILES string of the molecule is CCOC(=O)N1CCC(NC(=O)Cn2c(-c3cccc(F)c3)nc(C)c(CCO)c2=O)CC1. The van der Waals surface area contributed by atoms with E-state index in [1.807, 2.05) is 0 Å². The standard InChI is InChI=1S/C23H29FN4O5/c1-3-33-23(32)27-10-7-18(8-11-27)26-20(30)14-28-21(16-5-4-6-17(24)13-16)25-15(2)19(9-12-29)22(28)31/h4-6,13,18,29H,3,7-12,14H2,1-2H3,(H,26,30). The highest BCUT2D eigenvalue weighted by Crippen LogP contribution is 2.19. The van der Waals surface area contributed by atoms with Crippen LogP contribution in [0.3, 0.4) is 0 Å². The van der Waals surface area contributed by atoms with E-state index in [1.165, 1.54) is 22.8 Å². The fourth-order valence-electron chi connectivity index (χ4n) is 3.93. The van der Waals surface area contributed by atoms with E-state index in [-0.39, 0.29) is 43.4 Å². The maximum atomic E-state index is 13.8. The Balaban J connectivity index is 1.79. The number of carbonyl (C=O) groups is 2. The Kier molecular flexibility index (Phi) is 8.16. The number of aliphatic hydroxyl groups excluding tert-OH is 1. The van der Waals surface area contributed by atoms with Crippen molar-refractivity contribution in [2.75, 3.05) is 26.3 Å². The maximum Gasteiger partial charge on any atom is 0.409 e. The van der Waals surface area contributed by atoms with Crippen molar-refractivity contribution in [1.29, 1.82) is 0 Å². The number of nitrogens with zero attached hydrogens (tertiary/aromatic N) is 3. The normalized spacial score (nSPS) is 14.2. The van der Waals surface area contributed by atoms with Gasteiger partial charge in [-0.3, -0.25) is 14.2 Å². The molecule has 0 spiro atoms. The van der Waals surface area contributed by atoms with Gasteiger partial charge >= 0.3 is 6.09 Å². The van der Waals surface area contributed by atoms with Gasteiger partial charge in [-0.15, -0.1) is 0 Å². The van der Waals surface area contributed by atoms with Gasteiger partial charge < -0.3 is 20.1 Å². The molecule has 2 heterocycles. The van der Waals surface area contributed by atoms with Crippen molar-refractivity contribution >= 4 is 12.0 Å². The summed E-state index contributed by atoms with van der Waals surface area (Å²) in [6, 6.07) is 5.53. The summed E-state index contributed by atoms with van der Waals surface area (Å²) in [4.78, 5) is 43.9. The predicted molar refractivity (Wildman–Crippen MR) is 119 cm³/mol. The molecule has 2 aromatic rings. The predicted octanol–water partition coefficient (Wildman–Crippen LogP) is 1.63. The molecule has 3 rings (SSSR count). The smallest absolute Gasteiger partial charge is 0.409 e. The summed E-state index contributed by atoms with van der Waals surface area (Å²) >= 11 is 0. The van der Waals surface area contributed by atoms with Gasteiger partial charge in [-0.25, -0.2) is 14.2 Å². The number of hydrogen-bond donors (Lipinski definition) is 2. The zero-order chi connectivity index (χ0) is 24.0. The molecule has 0 radical (unpaired) electrons. The summed E-state index contributed by atoms with van der Waals surface area (Å²) < 4.78 is 20.1. The molecule has 0 saturated carbocycles. The molecule has 0 atom stereocenters. The second-order valence-corrected chi connectivity index (χ2v) is 7.90. The van der Waals surface area contributed by atoms with Gasteiger partial charge in [0.25, 0.3) is 5.56 Å². The molecule has 2 amide bonds. The van der Waals surface area contributed by atoms with Gasteiger partial charge in [0, 0.05) is 49.0 Å². The van der Waals surface area contributed by atoms with E-state index in [2.05, 4.69) is 10.3 Å². The number of rotatable bonds is 7. The second-order valence-electron chi connectivity index (χ2n) is 7.90. The van der Waals surface area contributed by atoms with Crippen LogP contribution in [0.25, 0.3) is 11.4 Å². The zero-order valence-corrected chi connectivity index (χ0v) is 18.8. The Hall–Kier alpha value is -3.27. The molecular weight excluding hydrogens is 431 g/mol. The van der Waals surface area contributed by atoms with Crippen LogP contribution in [-0.4, -0.2) is 63.9 Å². The van der Waals surface area contributed by atoms with E-state index >= 15 is 0 Å². The monoisotopic (exact) mass is 460 g/mol. The van der Waals surface area contributed by atoms with Crippen LogP contribution in [0.15, 0.2) is 29.1 Å². The fourth-order valence-corrected chi connectivity index (χ4v) is 3.93. The molecule has 178 valence electrons. The third kappa shape index (κ3) is 5.95. The van der Waals surface area contributed by atoms with E-state index in [1.54, 1.807) is 24.8 Å². The molecule has 33 heavy (non-hydrogen) atoms. The Labute approximate surface area is 191 Å². The minimum absolute atomic E-state index is 0.106. The third-order valence-corrected chi connectivity index (χ3v) is 5.60. The summed E-state index contributed by atoms with van der Waals surface area (Å²) in [6.07, 6.45) is 0.876. The minimum atomic E-state index is -0.483. The zero-order valence-electron chi connectivity index (χ0n) is 18.8. The number of hydrogen-bond acceptors (Lipinski definition) is 6. The molecular formula is C23H29FN4O5. The Morgan fingerprint density at radius 3 is 2.67 bits per heavy atom. The molecule has 1 aliphatic rings. The van der Waals surface area contributed by atoms with E-state index < -0.39 is 11.4 Å². The van der Waals surface area contributed by atoms with Gasteiger partial charge in [0.15, 0.2) is 0 Å². The molecule has 0 aliphatic carbocycles. The number of aryl methyl sites for hydroxylation is 1. The summed E-state index contributed by atoms with van der Waals surface area (Å²) in [5.74, 6) is -0.681. The number of piperidine rings is 1. The summed E-state index contributed by atoms with van der Waals surface area (Å²) in [5, 5.41) is 12.2. The Morgan fingerprint density at radius 1 is 1.30 bits per heavy atom. The minimum Gasteiger partial charge on any atom is -0.450 e. The second kappa shape index (κ2) is 11.0. The van der Waals surface area contributed by atoms with E-state index in [0.29, 0.717) is 49.4 Å². The number of nitrogens with one attached hydrogen (secondary N) is 1.